The lowest BCUT2D eigenvalue weighted by atomic mass is 9.99. The number of rotatable bonds is 5. The molecule has 1 aromatic heterocycles. The highest BCUT2D eigenvalue weighted by molar-refractivity contribution is 8.00. The van der Waals surface area contributed by atoms with Gasteiger partial charge in [0.15, 0.2) is 0 Å². The van der Waals surface area contributed by atoms with Gasteiger partial charge in [-0.3, -0.25) is 9.59 Å². The minimum Gasteiger partial charge on any atom is -0.325 e. The van der Waals surface area contributed by atoms with Crippen LogP contribution in [0.25, 0.3) is 10.9 Å². The van der Waals surface area contributed by atoms with Crippen LogP contribution < -0.4 is 10.9 Å². The van der Waals surface area contributed by atoms with Crippen molar-refractivity contribution in [1.29, 1.82) is 0 Å². The molecular formula is C19H24N2O2S. The molecule has 0 radical (unpaired) electrons. The number of pyridine rings is 1. The van der Waals surface area contributed by atoms with Gasteiger partial charge in [0.05, 0.1) is 11.3 Å². The van der Waals surface area contributed by atoms with E-state index in [1.165, 1.54) is 25.7 Å². The zero-order chi connectivity index (χ0) is 17.1. The summed E-state index contributed by atoms with van der Waals surface area (Å²) in [5.74, 6) is 0.789. The van der Waals surface area contributed by atoms with E-state index in [0.29, 0.717) is 11.0 Å². The van der Waals surface area contributed by atoms with Crippen molar-refractivity contribution in [3.8, 4) is 0 Å². The van der Waals surface area contributed by atoms with Crippen LogP contribution in [-0.4, -0.2) is 21.9 Å². The topological polar surface area (TPSA) is 62.0 Å². The number of fused-ring (bicyclic) bond motifs is 1. The molecule has 0 bridgehead atoms. The van der Waals surface area contributed by atoms with Gasteiger partial charge < -0.3 is 10.3 Å². The quantitative estimate of drug-likeness (QED) is 0.851. The van der Waals surface area contributed by atoms with Gasteiger partial charge in [0.25, 0.3) is 0 Å². The van der Waals surface area contributed by atoms with Gasteiger partial charge in [0.2, 0.25) is 11.5 Å². The maximum Gasteiger partial charge on any atom is 0.248 e. The Morgan fingerprint density at radius 3 is 2.75 bits per heavy atom. The molecule has 4 nitrogen and oxygen atoms in total. The Bertz CT molecular complexity index is 792. The van der Waals surface area contributed by atoms with E-state index in [4.69, 9.17) is 0 Å². The first-order valence-electron chi connectivity index (χ1n) is 8.61. The smallest absolute Gasteiger partial charge is 0.248 e. The molecule has 2 aromatic rings. The Kier molecular flexibility index (Phi) is 5.29. The summed E-state index contributed by atoms with van der Waals surface area (Å²) in [4.78, 5) is 26.9. The van der Waals surface area contributed by atoms with E-state index in [1.807, 2.05) is 18.2 Å². The average Bonchev–Trinajstić information content (AvgIpc) is 3.05. The molecule has 128 valence electrons. The molecule has 1 aliphatic carbocycles. The summed E-state index contributed by atoms with van der Waals surface area (Å²) in [7, 11) is 0. The summed E-state index contributed by atoms with van der Waals surface area (Å²) in [6, 6.07) is 7.38. The van der Waals surface area contributed by atoms with Gasteiger partial charge in [-0.15, -0.1) is 11.8 Å². The molecule has 0 spiro atoms. The zero-order valence-corrected chi connectivity index (χ0v) is 15.0. The molecule has 0 saturated heterocycles. The summed E-state index contributed by atoms with van der Waals surface area (Å²) in [6.07, 6.45) is 5.03. The predicted molar refractivity (Wildman–Crippen MR) is 102 cm³/mol. The van der Waals surface area contributed by atoms with Gasteiger partial charge in [-0.2, -0.15) is 0 Å². The molecule has 1 aromatic carbocycles. The van der Waals surface area contributed by atoms with Crippen molar-refractivity contribution in [2.24, 2.45) is 0 Å². The molecule has 1 aliphatic rings. The third-order valence-electron chi connectivity index (χ3n) is 4.53. The molecule has 3 rings (SSSR count). The fourth-order valence-electron chi connectivity index (χ4n) is 3.29. The summed E-state index contributed by atoms with van der Waals surface area (Å²) >= 11 is 1.75. The number of amides is 1. The number of anilines is 1. The van der Waals surface area contributed by atoms with Crippen LogP contribution in [0.15, 0.2) is 29.1 Å². The maximum atomic E-state index is 12.1. The highest BCUT2D eigenvalue weighted by atomic mass is 32.2. The molecule has 1 amide bonds. The van der Waals surface area contributed by atoms with Gasteiger partial charge in [0.1, 0.15) is 0 Å². The lowest BCUT2D eigenvalue weighted by Crippen LogP contribution is -2.16. The molecular weight excluding hydrogens is 320 g/mol. The second kappa shape index (κ2) is 7.43. The van der Waals surface area contributed by atoms with E-state index >= 15 is 0 Å². The van der Waals surface area contributed by atoms with E-state index in [1.54, 1.807) is 17.8 Å². The fourth-order valence-corrected chi connectivity index (χ4v) is 4.41. The van der Waals surface area contributed by atoms with Crippen molar-refractivity contribution in [2.75, 3.05) is 11.1 Å². The molecule has 0 aliphatic heterocycles. The monoisotopic (exact) mass is 344 g/mol. The number of aromatic amines is 1. The second-order valence-electron chi connectivity index (χ2n) is 6.77. The molecule has 24 heavy (non-hydrogen) atoms. The maximum absolute atomic E-state index is 12.1. The first-order valence-corrected chi connectivity index (χ1v) is 9.66. The first-order chi connectivity index (χ1) is 11.5. The van der Waals surface area contributed by atoms with Gasteiger partial charge >= 0.3 is 0 Å². The van der Waals surface area contributed by atoms with E-state index in [2.05, 4.69) is 24.1 Å². The zero-order valence-electron chi connectivity index (χ0n) is 14.2. The highest BCUT2D eigenvalue weighted by Gasteiger charge is 2.17. The van der Waals surface area contributed by atoms with E-state index < -0.39 is 0 Å². The van der Waals surface area contributed by atoms with Crippen LogP contribution in [0.4, 0.5) is 5.69 Å². The van der Waals surface area contributed by atoms with Crippen LogP contribution in [0, 0.1) is 0 Å². The minimum absolute atomic E-state index is 0.0219. The van der Waals surface area contributed by atoms with Crippen molar-refractivity contribution in [2.45, 2.75) is 50.7 Å². The summed E-state index contributed by atoms with van der Waals surface area (Å²) < 4.78 is 0. The summed E-state index contributed by atoms with van der Waals surface area (Å²) in [6.45, 7) is 4.15. The SMILES string of the molecule is CC(C)c1cc(=O)[nH]c2cc(NC(=O)CSC3CCCC3)ccc12. The van der Waals surface area contributed by atoms with Gasteiger partial charge in [-0.1, -0.05) is 32.8 Å². The molecule has 5 heteroatoms. The number of H-pyrrole nitrogens is 1. The third kappa shape index (κ3) is 4.01. The van der Waals surface area contributed by atoms with Crippen LogP contribution in [-0.2, 0) is 4.79 Å². The molecule has 0 atom stereocenters. The minimum atomic E-state index is -0.105. The van der Waals surface area contributed by atoms with Crippen molar-refractivity contribution >= 4 is 34.3 Å². The molecule has 0 unspecified atom stereocenters. The van der Waals surface area contributed by atoms with Crippen LogP contribution in [0.5, 0.6) is 0 Å². The number of carbonyl (C=O) groups is 1. The predicted octanol–water partition coefficient (Wildman–Crippen LogP) is 4.27. The standard InChI is InChI=1S/C19H24N2O2S/c1-12(2)16-10-18(22)21-17-9-13(7-8-15(16)17)20-19(23)11-24-14-5-3-4-6-14/h7-10,12,14H,3-6,11H2,1-2H3,(H,20,23)(H,21,22). The number of aromatic nitrogens is 1. The van der Waals surface area contributed by atoms with Crippen molar-refractivity contribution in [3.63, 3.8) is 0 Å². The number of hydrogen-bond donors (Lipinski definition) is 2. The van der Waals surface area contributed by atoms with Crippen LogP contribution in [0.2, 0.25) is 0 Å². The van der Waals surface area contributed by atoms with Gasteiger partial charge in [-0.25, -0.2) is 0 Å². The Balaban J connectivity index is 1.73. The Morgan fingerprint density at radius 1 is 1.29 bits per heavy atom. The molecule has 2 N–H and O–H groups in total. The van der Waals surface area contributed by atoms with Gasteiger partial charge in [0, 0.05) is 22.4 Å². The Hall–Kier alpha value is -1.75. The van der Waals surface area contributed by atoms with E-state index in [-0.39, 0.29) is 17.4 Å². The largest absolute Gasteiger partial charge is 0.325 e. The summed E-state index contributed by atoms with van der Waals surface area (Å²) in [5.41, 5.74) is 2.43. The Labute approximate surface area is 146 Å². The van der Waals surface area contributed by atoms with E-state index in [0.717, 1.165) is 22.2 Å². The highest BCUT2D eigenvalue weighted by Crippen LogP contribution is 2.29. The number of benzene rings is 1. The third-order valence-corrected chi connectivity index (χ3v) is 5.90. The van der Waals surface area contributed by atoms with Crippen molar-refractivity contribution < 1.29 is 4.79 Å². The van der Waals surface area contributed by atoms with Crippen molar-refractivity contribution in [1.82, 2.24) is 4.98 Å². The molecule has 1 fully saturated rings. The van der Waals surface area contributed by atoms with Crippen LogP contribution >= 0.6 is 11.8 Å². The number of nitrogens with one attached hydrogen (secondary N) is 2. The molecule has 1 heterocycles. The first kappa shape index (κ1) is 17.1. The second-order valence-corrected chi connectivity index (χ2v) is 8.06. The van der Waals surface area contributed by atoms with Crippen LogP contribution in [0.1, 0.15) is 51.0 Å². The fraction of sp³-hybridized carbons (Fsp3) is 0.474. The van der Waals surface area contributed by atoms with Crippen molar-refractivity contribution in [3.05, 3.63) is 40.2 Å². The number of carbonyl (C=O) groups excluding carboxylic acids is 1. The van der Waals surface area contributed by atoms with E-state index in [9.17, 15) is 9.59 Å². The number of hydrogen-bond acceptors (Lipinski definition) is 3. The average molecular weight is 344 g/mol. The molecule has 1 saturated carbocycles. The van der Waals surface area contributed by atoms with Gasteiger partial charge in [-0.05, 0) is 36.5 Å². The normalized spacial score (nSPS) is 15.3. The summed E-state index contributed by atoms with van der Waals surface area (Å²) in [5, 5.41) is 4.61. The number of thioether (sulfide) groups is 1. The lowest BCUT2D eigenvalue weighted by Gasteiger charge is -2.12. The Morgan fingerprint density at radius 2 is 2.04 bits per heavy atom. The van der Waals surface area contributed by atoms with Crippen LogP contribution in [0.3, 0.4) is 0 Å². The lowest BCUT2D eigenvalue weighted by molar-refractivity contribution is -0.113.